The zero-order valence-corrected chi connectivity index (χ0v) is 8.07. The van der Waals surface area contributed by atoms with E-state index in [-0.39, 0.29) is 5.92 Å². The highest BCUT2D eigenvalue weighted by Crippen LogP contribution is 2.24. The van der Waals surface area contributed by atoms with Gasteiger partial charge in [-0.2, -0.15) is 5.26 Å². The summed E-state index contributed by atoms with van der Waals surface area (Å²) < 4.78 is 21.0. The van der Waals surface area contributed by atoms with Crippen LogP contribution in [0.2, 0.25) is 0 Å². The van der Waals surface area contributed by atoms with Crippen LogP contribution in [-0.2, 0) is 9.84 Å². The Balaban J connectivity index is 5.14. The molecule has 0 fully saturated rings. The summed E-state index contributed by atoms with van der Waals surface area (Å²) in [4.78, 5) is 0. The monoisotopic (exact) mass is 175 g/mol. The van der Waals surface area contributed by atoms with Crippen molar-refractivity contribution in [1.82, 2.24) is 0 Å². The highest BCUT2D eigenvalue weighted by atomic mass is 32.2. The first-order valence-electron chi connectivity index (χ1n) is 3.36. The topological polar surface area (TPSA) is 57.9 Å². The van der Waals surface area contributed by atoms with Gasteiger partial charge in [-0.1, -0.05) is 13.8 Å². The average molecular weight is 175 g/mol. The minimum atomic E-state index is -3.27. The molecule has 0 aromatic heterocycles. The summed E-state index contributed by atoms with van der Waals surface area (Å²) in [7, 11) is -3.27. The van der Waals surface area contributed by atoms with E-state index >= 15 is 0 Å². The van der Waals surface area contributed by atoms with Gasteiger partial charge in [0.15, 0.2) is 14.6 Å². The van der Waals surface area contributed by atoms with Gasteiger partial charge in [-0.25, -0.2) is 8.42 Å². The molecule has 11 heavy (non-hydrogen) atoms. The smallest absolute Gasteiger partial charge is 0.166 e. The Labute approximate surface area is 67.9 Å². The fourth-order valence-electron chi connectivity index (χ4n) is 0.640. The normalized spacial score (nSPS) is 17.5. The van der Waals surface area contributed by atoms with E-state index in [1.165, 1.54) is 6.92 Å². The second-order valence-electron chi connectivity index (χ2n) is 3.15. The van der Waals surface area contributed by atoms with Crippen molar-refractivity contribution >= 4 is 9.84 Å². The predicted molar refractivity (Wildman–Crippen MR) is 43.7 cm³/mol. The first-order chi connectivity index (χ1) is 4.75. The van der Waals surface area contributed by atoms with Crippen LogP contribution in [0.25, 0.3) is 0 Å². The molecule has 1 atom stereocenters. The number of hydrogen-bond donors (Lipinski definition) is 0. The van der Waals surface area contributed by atoms with Crippen LogP contribution in [-0.4, -0.2) is 19.4 Å². The van der Waals surface area contributed by atoms with Gasteiger partial charge in [0.25, 0.3) is 0 Å². The molecule has 64 valence electrons. The number of rotatable bonds is 2. The molecule has 0 saturated heterocycles. The molecule has 0 aliphatic heterocycles. The van der Waals surface area contributed by atoms with Crippen molar-refractivity contribution in [3.63, 3.8) is 0 Å². The second-order valence-corrected chi connectivity index (χ2v) is 5.54. The standard InChI is InChI=1S/C7H13NO2S/c1-6(2)7(3,5-8)11(4,9)10/h6H,1-4H3. The van der Waals surface area contributed by atoms with Gasteiger partial charge < -0.3 is 0 Å². The van der Waals surface area contributed by atoms with Crippen LogP contribution in [0.3, 0.4) is 0 Å². The Morgan fingerprint density at radius 3 is 1.82 bits per heavy atom. The Kier molecular flexibility index (Phi) is 2.68. The average Bonchev–Trinajstić information content (AvgIpc) is 1.83. The zero-order chi connectivity index (χ0) is 9.28. The quantitative estimate of drug-likeness (QED) is 0.628. The number of nitrogens with zero attached hydrogens (tertiary/aromatic N) is 1. The van der Waals surface area contributed by atoms with Gasteiger partial charge >= 0.3 is 0 Å². The molecule has 1 unspecified atom stereocenters. The third-order valence-corrected chi connectivity index (χ3v) is 4.20. The van der Waals surface area contributed by atoms with E-state index < -0.39 is 14.6 Å². The summed E-state index contributed by atoms with van der Waals surface area (Å²) >= 11 is 0. The molecule has 0 N–H and O–H groups in total. The molecule has 0 aliphatic carbocycles. The van der Waals surface area contributed by atoms with Crippen molar-refractivity contribution in [2.75, 3.05) is 6.26 Å². The Morgan fingerprint density at radius 1 is 1.45 bits per heavy atom. The van der Waals surface area contributed by atoms with Crippen LogP contribution in [0, 0.1) is 17.2 Å². The van der Waals surface area contributed by atoms with Gasteiger partial charge in [-0.3, -0.25) is 0 Å². The van der Waals surface area contributed by atoms with Gasteiger partial charge in [0.05, 0.1) is 6.07 Å². The lowest BCUT2D eigenvalue weighted by atomic mass is 9.99. The molecule has 0 radical (unpaired) electrons. The zero-order valence-electron chi connectivity index (χ0n) is 7.25. The predicted octanol–water partition coefficient (Wildman–Crippen LogP) is 0.969. The third-order valence-electron chi connectivity index (χ3n) is 2.09. The van der Waals surface area contributed by atoms with Crippen molar-refractivity contribution in [2.45, 2.75) is 25.5 Å². The third kappa shape index (κ3) is 1.72. The first-order valence-corrected chi connectivity index (χ1v) is 5.25. The van der Waals surface area contributed by atoms with E-state index in [0.29, 0.717) is 0 Å². The molecule has 0 aliphatic rings. The van der Waals surface area contributed by atoms with Crippen LogP contribution in [0.1, 0.15) is 20.8 Å². The largest absolute Gasteiger partial charge is 0.227 e. The van der Waals surface area contributed by atoms with Gasteiger partial charge in [0.1, 0.15) is 0 Å². The van der Waals surface area contributed by atoms with Gasteiger partial charge in [-0.05, 0) is 12.8 Å². The van der Waals surface area contributed by atoms with Crippen molar-refractivity contribution in [1.29, 1.82) is 5.26 Å². The summed E-state index contributed by atoms with van der Waals surface area (Å²) in [6, 6.07) is 1.83. The van der Waals surface area contributed by atoms with Crippen molar-refractivity contribution in [2.24, 2.45) is 5.92 Å². The van der Waals surface area contributed by atoms with Crippen molar-refractivity contribution < 1.29 is 8.42 Å². The van der Waals surface area contributed by atoms with Crippen LogP contribution >= 0.6 is 0 Å². The molecule has 0 amide bonds. The number of sulfone groups is 1. The molecule has 0 bridgehead atoms. The number of nitriles is 1. The summed E-state index contributed by atoms with van der Waals surface area (Å²) in [5.41, 5.74) is 0. The molecule has 0 aromatic rings. The fourth-order valence-corrected chi connectivity index (χ4v) is 1.66. The first kappa shape index (κ1) is 10.4. The SMILES string of the molecule is CC(C)C(C)(C#N)S(C)(=O)=O. The lowest BCUT2D eigenvalue weighted by Gasteiger charge is -2.23. The fraction of sp³-hybridized carbons (Fsp3) is 0.857. The molecule has 4 heteroatoms. The molecule has 0 spiro atoms. The molecule has 3 nitrogen and oxygen atoms in total. The van der Waals surface area contributed by atoms with E-state index in [4.69, 9.17) is 5.26 Å². The summed E-state index contributed by atoms with van der Waals surface area (Å²) in [6.07, 6.45) is 1.09. The molecule has 0 heterocycles. The molecular weight excluding hydrogens is 162 g/mol. The van der Waals surface area contributed by atoms with Crippen molar-refractivity contribution in [3.8, 4) is 6.07 Å². The van der Waals surface area contributed by atoms with Gasteiger partial charge in [0.2, 0.25) is 0 Å². The van der Waals surface area contributed by atoms with Crippen LogP contribution in [0.4, 0.5) is 0 Å². The summed E-state index contributed by atoms with van der Waals surface area (Å²) in [6.45, 7) is 4.90. The van der Waals surface area contributed by atoms with E-state index in [0.717, 1.165) is 6.26 Å². The highest BCUT2D eigenvalue weighted by molar-refractivity contribution is 7.92. The second kappa shape index (κ2) is 2.82. The Morgan fingerprint density at radius 2 is 1.82 bits per heavy atom. The number of hydrogen-bond acceptors (Lipinski definition) is 3. The molecular formula is C7H13NO2S. The molecule has 0 rings (SSSR count). The van der Waals surface area contributed by atoms with Crippen LogP contribution in [0.5, 0.6) is 0 Å². The maximum Gasteiger partial charge on any atom is 0.166 e. The summed E-state index contributed by atoms with van der Waals surface area (Å²) in [5.74, 6) is -0.178. The lowest BCUT2D eigenvalue weighted by Crippen LogP contribution is -2.38. The maximum absolute atomic E-state index is 11.1. The van der Waals surface area contributed by atoms with Gasteiger partial charge in [0, 0.05) is 6.26 Å². The highest BCUT2D eigenvalue weighted by Gasteiger charge is 2.39. The minimum Gasteiger partial charge on any atom is -0.227 e. The summed E-state index contributed by atoms with van der Waals surface area (Å²) in [5, 5.41) is 8.66. The molecule has 0 aromatic carbocycles. The lowest BCUT2D eigenvalue weighted by molar-refractivity contribution is 0.498. The molecule has 0 saturated carbocycles. The van der Waals surface area contributed by atoms with E-state index in [9.17, 15) is 8.42 Å². The van der Waals surface area contributed by atoms with E-state index in [1.807, 2.05) is 6.07 Å². The van der Waals surface area contributed by atoms with Crippen LogP contribution in [0.15, 0.2) is 0 Å². The van der Waals surface area contributed by atoms with E-state index in [2.05, 4.69) is 0 Å². The maximum atomic E-state index is 11.1. The minimum absolute atomic E-state index is 0.178. The Hall–Kier alpha value is -0.560. The van der Waals surface area contributed by atoms with Crippen LogP contribution < -0.4 is 0 Å². The Bertz CT molecular complexity index is 273. The van der Waals surface area contributed by atoms with Gasteiger partial charge in [-0.15, -0.1) is 0 Å². The van der Waals surface area contributed by atoms with E-state index in [1.54, 1.807) is 13.8 Å². The van der Waals surface area contributed by atoms with Crippen molar-refractivity contribution in [3.05, 3.63) is 0 Å².